The number of hydrogen-bond acceptors (Lipinski definition) is 5. The second-order valence-corrected chi connectivity index (χ2v) is 11.7. The average molecular weight is 490 g/mol. The number of allylic oxidation sites excluding steroid dienone is 4. The first-order valence-electron chi connectivity index (χ1n) is 13.1. The standard InChI is InChI=1S/C30H35NO5/c1-17(32)24-10-11-25-23-9-8-20-15-22(34)12-13-29(20,3)27(23)26(16-30(24,25)4)36-28(35)19-6-5-7-21(14-19)31-18(2)33/h5-9,14-15,23-27H,10-13,16H2,1-4H3,(H,31,33)/t23-,24+,25-,26-,27-,29+,30+/m0/s1. The predicted molar refractivity (Wildman–Crippen MR) is 136 cm³/mol. The van der Waals surface area contributed by atoms with Crippen LogP contribution in [0.1, 0.15) is 70.2 Å². The Hall–Kier alpha value is -3.02. The highest BCUT2D eigenvalue weighted by molar-refractivity contribution is 5.94. The van der Waals surface area contributed by atoms with Crippen LogP contribution in [0.4, 0.5) is 5.69 Å². The summed E-state index contributed by atoms with van der Waals surface area (Å²) in [5.74, 6) is 0.217. The minimum atomic E-state index is -0.430. The van der Waals surface area contributed by atoms with Crippen LogP contribution in [-0.4, -0.2) is 29.5 Å². The van der Waals surface area contributed by atoms with Crippen molar-refractivity contribution in [3.8, 4) is 0 Å². The van der Waals surface area contributed by atoms with E-state index in [4.69, 9.17) is 4.74 Å². The van der Waals surface area contributed by atoms with E-state index in [-0.39, 0.29) is 52.2 Å². The lowest BCUT2D eigenvalue weighted by Gasteiger charge is -2.58. The molecule has 0 spiro atoms. The molecule has 1 aromatic carbocycles. The number of rotatable bonds is 4. The Balaban J connectivity index is 1.53. The molecule has 6 nitrogen and oxygen atoms in total. The van der Waals surface area contributed by atoms with Crippen LogP contribution in [0, 0.1) is 34.5 Å². The molecule has 7 atom stereocenters. The first kappa shape index (κ1) is 24.7. The number of nitrogens with one attached hydrogen (secondary N) is 1. The molecule has 0 radical (unpaired) electrons. The third-order valence-electron chi connectivity index (χ3n) is 9.60. The van der Waals surface area contributed by atoms with Crippen molar-refractivity contribution in [3.63, 3.8) is 0 Å². The van der Waals surface area contributed by atoms with E-state index in [1.807, 2.05) is 0 Å². The number of esters is 1. The monoisotopic (exact) mass is 489 g/mol. The lowest BCUT2D eigenvalue weighted by atomic mass is 9.47. The molecule has 5 rings (SSSR count). The van der Waals surface area contributed by atoms with Crippen molar-refractivity contribution in [2.24, 2.45) is 34.5 Å². The van der Waals surface area contributed by atoms with Crippen molar-refractivity contribution in [2.45, 2.75) is 65.9 Å². The predicted octanol–water partition coefficient (Wildman–Crippen LogP) is 5.29. The maximum absolute atomic E-state index is 13.5. The van der Waals surface area contributed by atoms with Crippen molar-refractivity contribution in [2.75, 3.05) is 5.32 Å². The van der Waals surface area contributed by atoms with Gasteiger partial charge >= 0.3 is 5.97 Å². The van der Waals surface area contributed by atoms with Crippen LogP contribution in [-0.2, 0) is 19.1 Å². The summed E-state index contributed by atoms with van der Waals surface area (Å²) in [6.07, 6.45) is 9.42. The third kappa shape index (κ3) is 3.95. The molecule has 0 aromatic heterocycles. The number of anilines is 1. The van der Waals surface area contributed by atoms with Gasteiger partial charge in [0, 0.05) is 30.9 Å². The molecule has 6 heteroatoms. The third-order valence-corrected chi connectivity index (χ3v) is 9.60. The second-order valence-electron chi connectivity index (χ2n) is 11.7. The fourth-order valence-corrected chi connectivity index (χ4v) is 8.00. The molecule has 0 heterocycles. The van der Waals surface area contributed by atoms with Gasteiger partial charge in [-0.2, -0.15) is 0 Å². The van der Waals surface area contributed by atoms with E-state index < -0.39 is 5.97 Å². The number of carbonyl (C=O) groups excluding carboxylic acids is 4. The Bertz CT molecular complexity index is 1200. The highest BCUT2D eigenvalue weighted by Crippen LogP contribution is 2.65. The van der Waals surface area contributed by atoms with E-state index in [1.54, 1.807) is 37.3 Å². The van der Waals surface area contributed by atoms with Crippen LogP contribution in [0.5, 0.6) is 0 Å². The van der Waals surface area contributed by atoms with E-state index in [9.17, 15) is 19.2 Å². The Morgan fingerprint density at radius 2 is 1.89 bits per heavy atom. The smallest absolute Gasteiger partial charge is 0.338 e. The molecule has 2 saturated carbocycles. The maximum Gasteiger partial charge on any atom is 0.338 e. The Morgan fingerprint density at radius 3 is 2.61 bits per heavy atom. The van der Waals surface area contributed by atoms with Gasteiger partial charge < -0.3 is 10.1 Å². The summed E-state index contributed by atoms with van der Waals surface area (Å²) in [6, 6.07) is 6.79. The largest absolute Gasteiger partial charge is 0.458 e. The molecule has 1 aromatic rings. The molecule has 4 aliphatic rings. The van der Waals surface area contributed by atoms with Gasteiger partial charge in [0.15, 0.2) is 5.78 Å². The molecule has 0 saturated heterocycles. The molecule has 1 N–H and O–H groups in total. The van der Waals surface area contributed by atoms with E-state index in [0.29, 0.717) is 30.0 Å². The lowest BCUT2D eigenvalue weighted by molar-refractivity contribution is -0.136. The van der Waals surface area contributed by atoms with Gasteiger partial charge in [-0.15, -0.1) is 0 Å². The maximum atomic E-state index is 13.5. The second kappa shape index (κ2) is 8.82. The fraction of sp³-hybridized carbons (Fsp3) is 0.533. The normalized spacial score (nSPS) is 36.7. The summed E-state index contributed by atoms with van der Waals surface area (Å²) in [5.41, 5.74) is 1.43. The zero-order valence-electron chi connectivity index (χ0n) is 21.5. The minimum absolute atomic E-state index is 0.0353. The number of ether oxygens (including phenoxy) is 1. The zero-order valence-corrected chi connectivity index (χ0v) is 21.5. The van der Waals surface area contributed by atoms with Crippen molar-refractivity contribution in [3.05, 3.63) is 53.6 Å². The van der Waals surface area contributed by atoms with Crippen LogP contribution < -0.4 is 5.32 Å². The van der Waals surface area contributed by atoms with E-state index >= 15 is 0 Å². The topological polar surface area (TPSA) is 89.5 Å². The van der Waals surface area contributed by atoms with Gasteiger partial charge in [0.05, 0.1) is 5.56 Å². The molecule has 2 fully saturated rings. The number of fused-ring (bicyclic) bond motifs is 5. The van der Waals surface area contributed by atoms with E-state index in [2.05, 4.69) is 31.3 Å². The summed E-state index contributed by atoms with van der Waals surface area (Å²) < 4.78 is 6.34. The number of carbonyl (C=O) groups is 4. The summed E-state index contributed by atoms with van der Waals surface area (Å²) >= 11 is 0. The first-order chi connectivity index (χ1) is 17.0. The van der Waals surface area contributed by atoms with Gasteiger partial charge in [0.2, 0.25) is 5.91 Å². The molecule has 4 aliphatic carbocycles. The minimum Gasteiger partial charge on any atom is -0.458 e. The Morgan fingerprint density at radius 1 is 1.11 bits per heavy atom. The molecule has 0 unspecified atom stereocenters. The highest BCUT2D eigenvalue weighted by atomic mass is 16.5. The zero-order chi connectivity index (χ0) is 25.8. The number of ketones is 2. The van der Waals surface area contributed by atoms with Gasteiger partial charge in [0.25, 0.3) is 0 Å². The van der Waals surface area contributed by atoms with Crippen molar-refractivity contribution >= 4 is 29.1 Å². The SMILES string of the molecule is CC(=O)Nc1cccc(C(=O)O[C@H]2C[C@]3(C)[C@@H](C(C)=O)CC[C@H]3[C@@H]3C=CC4=CC(=O)CC[C@@]4(C)[C@@H]32)c1. The van der Waals surface area contributed by atoms with Crippen LogP contribution in [0.2, 0.25) is 0 Å². The Labute approximate surface area is 212 Å². The van der Waals surface area contributed by atoms with Gasteiger partial charge in [-0.05, 0) is 85.1 Å². The van der Waals surface area contributed by atoms with Crippen molar-refractivity contribution in [1.82, 2.24) is 0 Å². The van der Waals surface area contributed by atoms with Crippen LogP contribution >= 0.6 is 0 Å². The van der Waals surface area contributed by atoms with E-state index in [0.717, 1.165) is 24.8 Å². The average Bonchev–Trinajstić information content (AvgIpc) is 3.16. The van der Waals surface area contributed by atoms with Crippen molar-refractivity contribution < 1.29 is 23.9 Å². The summed E-state index contributed by atoms with van der Waals surface area (Å²) in [5, 5.41) is 2.72. The van der Waals surface area contributed by atoms with Gasteiger partial charge in [-0.25, -0.2) is 4.79 Å². The molecule has 0 bridgehead atoms. The molecular formula is C30H35NO5. The number of Topliss-reactive ketones (excluding diaryl/α,β-unsaturated/α-hetero) is 1. The van der Waals surface area contributed by atoms with Crippen LogP contribution in [0.25, 0.3) is 0 Å². The quantitative estimate of drug-likeness (QED) is 0.580. The van der Waals surface area contributed by atoms with Gasteiger partial charge in [-0.1, -0.05) is 32.1 Å². The molecule has 1 amide bonds. The Kier molecular flexibility index (Phi) is 6.05. The number of amides is 1. The summed E-state index contributed by atoms with van der Waals surface area (Å²) in [6.45, 7) is 7.53. The highest BCUT2D eigenvalue weighted by Gasteiger charge is 2.63. The molecule has 36 heavy (non-hydrogen) atoms. The fourth-order valence-electron chi connectivity index (χ4n) is 8.00. The molecular weight excluding hydrogens is 454 g/mol. The molecule has 190 valence electrons. The van der Waals surface area contributed by atoms with Gasteiger partial charge in [-0.3, -0.25) is 14.4 Å². The lowest BCUT2D eigenvalue weighted by Crippen LogP contribution is -2.56. The summed E-state index contributed by atoms with van der Waals surface area (Å²) in [7, 11) is 0. The van der Waals surface area contributed by atoms with Crippen LogP contribution in [0.15, 0.2) is 48.1 Å². The van der Waals surface area contributed by atoms with Crippen molar-refractivity contribution in [1.29, 1.82) is 0 Å². The van der Waals surface area contributed by atoms with E-state index in [1.165, 1.54) is 6.92 Å². The van der Waals surface area contributed by atoms with Gasteiger partial charge in [0.1, 0.15) is 11.9 Å². The first-order valence-corrected chi connectivity index (χ1v) is 13.1. The molecule has 0 aliphatic heterocycles. The number of hydrogen-bond donors (Lipinski definition) is 1. The summed E-state index contributed by atoms with van der Waals surface area (Å²) in [4.78, 5) is 49.9. The number of benzene rings is 1. The van der Waals surface area contributed by atoms with Crippen LogP contribution in [0.3, 0.4) is 0 Å².